The van der Waals surface area contributed by atoms with Crippen molar-refractivity contribution in [1.29, 1.82) is 0 Å². The van der Waals surface area contributed by atoms with Gasteiger partial charge in [0, 0.05) is 21.1 Å². The van der Waals surface area contributed by atoms with Crippen LogP contribution in [0, 0.1) is 0 Å². The zero-order valence-corrected chi connectivity index (χ0v) is 16.5. The molecule has 0 aromatic heterocycles. The third kappa shape index (κ3) is 51.6. The van der Waals surface area contributed by atoms with Crippen LogP contribution in [-0.2, 0) is 35.4 Å². The van der Waals surface area contributed by atoms with E-state index in [4.69, 9.17) is 0 Å². The zero-order chi connectivity index (χ0) is 17.6. The average molecular weight is 481 g/mol. The van der Waals surface area contributed by atoms with Crippen LogP contribution >= 0.6 is 0 Å². The second-order valence-corrected chi connectivity index (χ2v) is 4.10. The average Bonchev–Trinajstić information content (AvgIpc) is 2.10. The zero-order valence-electron chi connectivity index (χ0n) is 13.6. The van der Waals surface area contributed by atoms with E-state index in [0.717, 1.165) is 18.2 Å². The molecule has 0 aliphatic heterocycles. The Morgan fingerprint density at radius 1 is 0.545 bits per heavy atom. The molecule has 0 heterocycles. The molecule has 126 valence electrons. The summed E-state index contributed by atoms with van der Waals surface area (Å²) in [5.41, 5.74) is 0. The van der Waals surface area contributed by atoms with Crippen LogP contribution in [0.25, 0.3) is 0 Å². The Hall–Kier alpha value is -1.68. The van der Waals surface area contributed by atoms with Crippen molar-refractivity contribution < 1.29 is 50.8 Å². The summed E-state index contributed by atoms with van der Waals surface area (Å²) < 4.78 is 0. The third-order valence-corrected chi connectivity index (χ3v) is 1.22. The fraction of sp³-hybridized carbons (Fsp3) is 0.400. The van der Waals surface area contributed by atoms with E-state index < -0.39 is 0 Å². The molecule has 0 saturated carbocycles. The van der Waals surface area contributed by atoms with Gasteiger partial charge < -0.3 is 15.3 Å². The Balaban J connectivity index is -0.000000108. The van der Waals surface area contributed by atoms with E-state index in [2.05, 4.69) is 0 Å². The van der Waals surface area contributed by atoms with Gasteiger partial charge in [0.2, 0.25) is 0 Å². The Morgan fingerprint density at radius 3 is 0.682 bits per heavy atom. The number of rotatable bonds is 3. The number of ketones is 3. The minimum atomic E-state index is -0.187. The predicted octanol–water partition coefficient (Wildman–Crippen LogP) is -0.484. The molecule has 0 aliphatic carbocycles. The quantitative estimate of drug-likeness (QED) is 0.397. The van der Waals surface area contributed by atoms with Crippen LogP contribution in [-0.4, -0.2) is 17.3 Å². The van der Waals surface area contributed by atoms with Gasteiger partial charge in [0.05, 0.1) is 0 Å². The second kappa shape index (κ2) is 17.4. The molecule has 0 atom stereocenters. The first-order valence-corrected chi connectivity index (χ1v) is 5.96. The minimum absolute atomic E-state index is 0. The van der Waals surface area contributed by atoms with Gasteiger partial charge in [-0.15, -0.1) is 17.3 Å². The van der Waals surface area contributed by atoms with Crippen LogP contribution in [0.5, 0.6) is 0 Å². The van der Waals surface area contributed by atoms with E-state index in [9.17, 15) is 29.7 Å². The van der Waals surface area contributed by atoms with E-state index in [0.29, 0.717) is 0 Å². The molecular weight excluding hydrogens is 460 g/mol. The maximum absolute atomic E-state index is 9.98. The van der Waals surface area contributed by atoms with Crippen molar-refractivity contribution in [2.75, 3.05) is 0 Å². The number of allylic oxidation sites excluding steroid dienone is 6. The topological polar surface area (TPSA) is 120 Å². The van der Waals surface area contributed by atoms with Crippen molar-refractivity contribution in [2.24, 2.45) is 0 Å². The Kier molecular flexibility index (Phi) is 22.5. The summed E-state index contributed by atoms with van der Waals surface area (Å²) in [7, 11) is 0. The maximum Gasteiger partial charge on any atom is 0.151 e. The summed E-state index contributed by atoms with van der Waals surface area (Å²) in [5, 5.41) is 29.9. The minimum Gasteiger partial charge on any atom is -0.876 e. The first kappa shape index (κ1) is 28.5. The first-order chi connectivity index (χ1) is 9.38. The molecular formula is C15H21O6W-3. The molecule has 6 nitrogen and oxygen atoms in total. The van der Waals surface area contributed by atoms with Crippen LogP contribution in [0.15, 0.2) is 35.5 Å². The van der Waals surface area contributed by atoms with Gasteiger partial charge in [-0.2, -0.15) is 0 Å². The van der Waals surface area contributed by atoms with Crippen molar-refractivity contribution in [3.05, 3.63) is 35.5 Å². The number of hydrogen-bond donors (Lipinski definition) is 0. The number of hydrogen-bond acceptors (Lipinski definition) is 6. The molecule has 0 amide bonds. The monoisotopic (exact) mass is 481 g/mol. The second-order valence-electron chi connectivity index (χ2n) is 4.10. The van der Waals surface area contributed by atoms with Crippen LogP contribution < -0.4 is 15.3 Å². The summed E-state index contributed by atoms with van der Waals surface area (Å²) in [6.07, 6.45) is 3.17. The fourth-order valence-electron chi connectivity index (χ4n) is 0.859. The predicted molar refractivity (Wildman–Crippen MR) is 73.3 cm³/mol. The van der Waals surface area contributed by atoms with Crippen LogP contribution in [0.3, 0.4) is 0 Å². The van der Waals surface area contributed by atoms with Crippen molar-refractivity contribution in [2.45, 2.75) is 41.5 Å². The van der Waals surface area contributed by atoms with Crippen molar-refractivity contribution in [1.82, 2.24) is 0 Å². The molecule has 0 spiro atoms. The van der Waals surface area contributed by atoms with E-state index in [-0.39, 0.29) is 55.7 Å². The van der Waals surface area contributed by atoms with E-state index in [1.807, 2.05) is 0 Å². The standard InChI is InChI=1S/3C5H8O2.W/c3*1-4(6)3-5(2)7;/h3*3,6H,1-2H3;/p-3/b3*4-3-;. The van der Waals surface area contributed by atoms with Crippen LogP contribution in [0.4, 0.5) is 0 Å². The number of carbonyl (C=O) groups is 3. The van der Waals surface area contributed by atoms with E-state index in [1.54, 1.807) is 0 Å². The maximum atomic E-state index is 9.98. The third-order valence-electron chi connectivity index (χ3n) is 1.22. The summed E-state index contributed by atoms with van der Waals surface area (Å²) >= 11 is 0. The number of carbonyl (C=O) groups excluding carboxylic acids is 3. The van der Waals surface area contributed by atoms with Crippen LogP contribution in [0.2, 0.25) is 0 Å². The van der Waals surface area contributed by atoms with Gasteiger partial charge in [-0.05, 0) is 39.0 Å². The van der Waals surface area contributed by atoms with Crippen molar-refractivity contribution >= 4 is 17.3 Å². The van der Waals surface area contributed by atoms with Gasteiger partial charge in [-0.1, -0.05) is 20.8 Å². The van der Waals surface area contributed by atoms with Gasteiger partial charge in [-0.25, -0.2) is 0 Å². The summed E-state index contributed by atoms with van der Waals surface area (Å²) in [4.78, 5) is 29.9. The van der Waals surface area contributed by atoms with E-state index >= 15 is 0 Å². The summed E-state index contributed by atoms with van der Waals surface area (Å²) in [6.45, 7) is 8.09. The Bertz CT molecular complexity index is 368. The molecule has 0 aromatic rings. The smallest absolute Gasteiger partial charge is 0.151 e. The molecule has 0 aliphatic rings. The fourth-order valence-corrected chi connectivity index (χ4v) is 0.859. The SMILES string of the molecule is CC(=O)/C=C(/C)[O-].CC(=O)/C=C(/C)[O-].CC(=O)/C=C(/C)[O-].[W]. The van der Waals surface area contributed by atoms with Crippen molar-refractivity contribution in [3.8, 4) is 0 Å². The van der Waals surface area contributed by atoms with E-state index in [1.165, 1.54) is 41.5 Å². The van der Waals surface area contributed by atoms with Gasteiger partial charge in [0.15, 0.2) is 17.3 Å². The van der Waals surface area contributed by atoms with Crippen LogP contribution in [0.1, 0.15) is 41.5 Å². The van der Waals surface area contributed by atoms with Crippen molar-refractivity contribution in [3.63, 3.8) is 0 Å². The molecule has 0 aromatic carbocycles. The molecule has 0 fully saturated rings. The summed E-state index contributed by atoms with van der Waals surface area (Å²) in [5.74, 6) is -1.12. The van der Waals surface area contributed by atoms with Gasteiger partial charge in [0.25, 0.3) is 0 Å². The molecule has 0 unspecified atom stereocenters. The summed E-state index contributed by atoms with van der Waals surface area (Å²) in [6, 6.07) is 0. The molecule has 0 N–H and O–H groups in total. The molecule has 0 saturated heterocycles. The molecule has 0 rings (SSSR count). The Labute approximate surface area is 145 Å². The normalized spacial score (nSPS) is 10.9. The molecule has 22 heavy (non-hydrogen) atoms. The Morgan fingerprint density at radius 2 is 0.682 bits per heavy atom. The van der Waals surface area contributed by atoms with Gasteiger partial charge in [0.1, 0.15) is 0 Å². The largest absolute Gasteiger partial charge is 0.876 e. The molecule has 0 radical (unpaired) electrons. The molecule has 0 bridgehead atoms. The molecule has 7 heteroatoms. The van der Waals surface area contributed by atoms with Gasteiger partial charge >= 0.3 is 0 Å². The van der Waals surface area contributed by atoms with Gasteiger partial charge in [-0.3, -0.25) is 14.4 Å². The first-order valence-electron chi connectivity index (χ1n) is 5.96.